The van der Waals surface area contributed by atoms with Gasteiger partial charge in [-0.3, -0.25) is 14.4 Å². The Bertz CT molecular complexity index is 460. The van der Waals surface area contributed by atoms with Gasteiger partial charge in [0.2, 0.25) is 11.8 Å². The molecule has 0 radical (unpaired) electrons. The second-order valence-corrected chi connectivity index (χ2v) is 6.63. The fourth-order valence-electron chi connectivity index (χ4n) is 3.38. The van der Waals surface area contributed by atoms with E-state index in [-0.39, 0.29) is 23.8 Å². The first-order chi connectivity index (χ1) is 9.17. The van der Waals surface area contributed by atoms with Gasteiger partial charge in [-0.2, -0.15) is 0 Å². The Morgan fingerprint density at radius 2 is 1.80 bits per heavy atom. The van der Waals surface area contributed by atoms with Crippen LogP contribution >= 0.6 is 0 Å². The molecule has 1 heterocycles. The number of aliphatic carboxylic acids is 1. The molecule has 4 atom stereocenters. The predicted molar refractivity (Wildman–Crippen MR) is 71.5 cm³/mol. The van der Waals surface area contributed by atoms with Gasteiger partial charge in [0, 0.05) is 12.6 Å². The summed E-state index contributed by atoms with van der Waals surface area (Å²) in [5.41, 5.74) is 4.81. The normalized spacial score (nSPS) is 35.5. The van der Waals surface area contributed by atoms with Gasteiger partial charge in [-0.05, 0) is 25.2 Å². The summed E-state index contributed by atoms with van der Waals surface area (Å²) >= 11 is 0. The lowest BCUT2D eigenvalue weighted by molar-refractivity contribution is -0.144. The van der Waals surface area contributed by atoms with Crippen LogP contribution in [0.4, 0.5) is 0 Å². The van der Waals surface area contributed by atoms with Crippen molar-refractivity contribution in [2.75, 3.05) is 6.54 Å². The molecule has 2 amide bonds. The second kappa shape index (κ2) is 4.75. The fourth-order valence-corrected chi connectivity index (χ4v) is 3.38. The van der Waals surface area contributed by atoms with Crippen LogP contribution in [-0.2, 0) is 14.4 Å². The molecule has 2 fully saturated rings. The van der Waals surface area contributed by atoms with Crippen LogP contribution in [0.5, 0.6) is 0 Å². The van der Waals surface area contributed by atoms with Crippen molar-refractivity contribution in [3.8, 4) is 0 Å². The standard InChI is InChI=1S/C14H22N2O4/c1-7-4-5-8(11(15)17)6-16(7)12(18)9-10(13(19)20)14(9,2)3/h7-10H,4-6H2,1-3H3,(H2,15,17)(H,19,20). The average molecular weight is 282 g/mol. The Morgan fingerprint density at radius 1 is 1.20 bits per heavy atom. The van der Waals surface area contributed by atoms with Crippen LogP contribution in [0.15, 0.2) is 0 Å². The van der Waals surface area contributed by atoms with Gasteiger partial charge >= 0.3 is 5.97 Å². The molecule has 1 aliphatic carbocycles. The summed E-state index contributed by atoms with van der Waals surface area (Å²) in [6.07, 6.45) is 1.42. The highest BCUT2D eigenvalue weighted by Crippen LogP contribution is 2.59. The molecule has 0 aromatic heterocycles. The van der Waals surface area contributed by atoms with Gasteiger partial charge in [-0.25, -0.2) is 0 Å². The minimum absolute atomic E-state index is 0.0314. The molecule has 112 valence electrons. The van der Waals surface area contributed by atoms with Gasteiger partial charge in [-0.15, -0.1) is 0 Å². The Morgan fingerprint density at radius 3 is 2.25 bits per heavy atom. The number of carbonyl (C=O) groups is 3. The van der Waals surface area contributed by atoms with E-state index in [1.54, 1.807) is 18.7 Å². The van der Waals surface area contributed by atoms with E-state index in [4.69, 9.17) is 10.8 Å². The number of likely N-dealkylation sites (tertiary alicyclic amines) is 1. The molecule has 1 saturated heterocycles. The third kappa shape index (κ3) is 2.27. The van der Waals surface area contributed by atoms with E-state index in [2.05, 4.69) is 0 Å². The Kier molecular flexibility index (Phi) is 3.52. The van der Waals surface area contributed by atoms with Crippen LogP contribution in [0.2, 0.25) is 0 Å². The molecule has 0 aromatic carbocycles. The van der Waals surface area contributed by atoms with E-state index in [0.29, 0.717) is 13.0 Å². The van der Waals surface area contributed by atoms with Crippen LogP contribution in [0.3, 0.4) is 0 Å². The number of carboxylic acids is 1. The predicted octanol–water partition coefficient (Wildman–Crippen LogP) is 0.456. The van der Waals surface area contributed by atoms with Crippen LogP contribution in [0.1, 0.15) is 33.6 Å². The lowest BCUT2D eigenvalue weighted by atomic mass is 9.92. The molecule has 3 N–H and O–H groups in total. The van der Waals surface area contributed by atoms with Gasteiger partial charge in [0.15, 0.2) is 0 Å². The van der Waals surface area contributed by atoms with Crippen molar-refractivity contribution < 1.29 is 19.5 Å². The number of rotatable bonds is 3. The van der Waals surface area contributed by atoms with E-state index < -0.39 is 23.2 Å². The van der Waals surface area contributed by atoms with Crippen LogP contribution in [-0.4, -0.2) is 40.4 Å². The Labute approximate surface area is 118 Å². The van der Waals surface area contributed by atoms with E-state index >= 15 is 0 Å². The summed E-state index contributed by atoms with van der Waals surface area (Å²) in [5.74, 6) is -2.91. The highest BCUT2D eigenvalue weighted by molar-refractivity contribution is 5.92. The first kappa shape index (κ1) is 14.8. The molecule has 2 aliphatic rings. The number of nitrogens with two attached hydrogens (primary N) is 1. The summed E-state index contributed by atoms with van der Waals surface area (Å²) in [6.45, 7) is 5.84. The van der Waals surface area contributed by atoms with E-state index in [0.717, 1.165) is 6.42 Å². The number of carbonyl (C=O) groups excluding carboxylic acids is 2. The molecule has 2 rings (SSSR count). The quantitative estimate of drug-likeness (QED) is 0.785. The summed E-state index contributed by atoms with van der Waals surface area (Å²) < 4.78 is 0. The van der Waals surface area contributed by atoms with Crippen molar-refractivity contribution in [1.29, 1.82) is 0 Å². The van der Waals surface area contributed by atoms with Gasteiger partial charge in [0.05, 0.1) is 17.8 Å². The van der Waals surface area contributed by atoms with E-state index in [9.17, 15) is 14.4 Å². The number of hydrogen-bond donors (Lipinski definition) is 2. The fraction of sp³-hybridized carbons (Fsp3) is 0.786. The lowest BCUT2D eigenvalue weighted by Crippen LogP contribution is -2.49. The third-order valence-corrected chi connectivity index (χ3v) is 4.93. The largest absolute Gasteiger partial charge is 0.481 e. The van der Waals surface area contributed by atoms with Crippen molar-refractivity contribution in [2.24, 2.45) is 28.9 Å². The van der Waals surface area contributed by atoms with Crippen LogP contribution < -0.4 is 5.73 Å². The number of carboxylic acid groups (broad SMARTS) is 1. The molecular weight excluding hydrogens is 260 g/mol. The summed E-state index contributed by atoms with van der Waals surface area (Å²) in [5, 5.41) is 9.17. The van der Waals surface area contributed by atoms with Gasteiger partial charge in [-0.1, -0.05) is 13.8 Å². The zero-order valence-electron chi connectivity index (χ0n) is 12.1. The molecule has 6 nitrogen and oxygen atoms in total. The maximum absolute atomic E-state index is 12.6. The molecule has 20 heavy (non-hydrogen) atoms. The number of nitrogens with zero attached hydrogens (tertiary/aromatic N) is 1. The minimum Gasteiger partial charge on any atom is -0.481 e. The van der Waals surface area contributed by atoms with Gasteiger partial charge in [0.1, 0.15) is 0 Å². The summed E-state index contributed by atoms with van der Waals surface area (Å²) in [4.78, 5) is 36.7. The topological polar surface area (TPSA) is 101 Å². The second-order valence-electron chi connectivity index (χ2n) is 6.63. The number of piperidine rings is 1. The molecule has 0 aromatic rings. The van der Waals surface area contributed by atoms with Crippen molar-refractivity contribution in [3.05, 3.63) is 0 Å². The van der Waals surface area contributed by atoms with Crippen molar-refractivity contribution in [2.45, 2.75) is 39.7 Å². The third-order valence-electron chi connectivity index (χ3n) is 4.93. The van der Waals surface area contributed by atoms with Gasteiger partial charge in [0.25, 0.3) is 0 Å². The maximum atomic E-state index is 12.6. The van der Waals surface area contributed by atoms with Gasteiger partial charge < -0.3 is 15.7 Å². The van der Waals surface area contributed by atoms with E-state index in [1.165, 1.54) is 0 Å². The lowest BCUT2D eigenvalue weighted by Gasteiger charge is -2.37. The number of amides is 2. The maximum Gasteiger partial charge on any atom is 0.307 e. The molecule has 1 saturated carbocycles. The molecule has 0 spiro atoms. The SMILES string of the molecule is CC1CCC(C(N)=O)CN1C(=O)C1C(C(=O)O)C1(C)C. The summed E-state index contributed by atoms with van der Waals surface area (Å²) in [6, 6.07) is 0.0314. The monoisotopic (exact) mass is 282 g/mol. The molecule has 4 unspecified atom stereocenters. The zero-order valence-corrected chi connectivity index (χ0v) is 12.1. The highest BCUT2D eigenvalue weighted by Gasteiger charge is 2.67. The molecule has 1 aliphatic heterocycles. The summed E-state index contributed by atoms with van der Waals surface area (Å²) in [7, 11) is 0. The molecular formula is C14H22N2O4. The zero-order chi connectivity index (χ0) is 15.2. The smallest absolute Gasteiger partial charge is 0.307 e. The Balaban J connectivity index is 2.12. The Hall–Kier alpha value is -1.59. The van der Waals surface area contributed by atoms with E-state index in [1.807, 2.05) is 6.92 Å². The van der Waals surface area contributed by atoms with Crippen LogP contribution in [0.25, 0.3) is 0 Å². The van der Waals surface area contributed by atoms with Crippen molar-refractivity contribution in [3.63, 3.8) is 0 Å². The highest BCUT2D eigenvalue weighted by atomic mass is 16.4. The first-order valence-electron chi connectivity index (χ1n) is 7.00. The number of primary amides is 1. The molecule has 0 bridgehead atoms. The van der Waals surface area contributed by atoms with Crippen LogP contribution in [0, 0.1) is 23.2 Å². The average Bonchev–Trinajstić information content (AvgIpc) is 2.92. The first-order valence-corrected chi connectivity index (χ1v) is 7.00. The van der Waals surface area contributed by atoms with Crippen molar-refractivity contribution in [1.82, 2.24) is 4.90 Å². The minimum atomic E-state index is -0.926. The van der Waals surface area contributed by atoms with Crippen molar-refractivity contribution >= 4 is 17.8 Å². The number of hydrogen-bond acceptors (Lipinski definition) is 3. The molecule has 6 heteroatoms.